The van der Waals surface area contributed by atoms with Gasteiger partial charge >= 0.3 is 12.1 Å². The van der Waals surface area contributed by atoms with E-state index in [2.05, 4.69) is 4.98 Å². The number of aromatic nitrogens is 1. The number of methoxy groups -OCH3 is 1. The average molecular weight is 446 g/mol. The van der Waals surface area contributed by atoms with Crippen LogP contribution < -0.4 is 4.74 Å². The van der Waals surface area contributed by atoms with Gasteiger partial charge in [0.1, 0.15) is 17.8 Å². The number of aliphatic carboxylic acids is 1. The van der Waals surface area contributed by atoms with Crippen LogP contribution >= 0.6 is 0 Å². The van der Waals surface area contributed by atoms with Crippen LogP contribution in [0.2, 0.25) is 0 Å². The van der Waals surface area contributed by atoms with Gasteiger partial charge in [0.15, 0.2) is 0 Å². The first-order chi connectivity index (χ1) is 14.7. The quantitative estimate of drug-likeness (QED) is 0.742. The van der Waals surface area contributed by atoms with Crippen LogP contribution in [-0.4, -0.2) is 78.2 Å². The Labute approximate surface area is 177 Å². The van der Waals surface area contributed by atoms with Crippen LogP contribution in [0.3, 0.4) is 0 Å². The third kappa shape index (κ3) is 5.85. The van der Waals surface area contributed by atoms with Crippen molar-refractivity contribution in [1.82, 2.24) is 9.88 Å². The van der Waals surface area contributed by atoms with Gasteiger partial charge in [-0.1, -0.05) is 0 Å². The lowest BCUT2D eigenvalue weighted by atomic mass is 10.0. The predicted octanol–water partition coefficient (Wildman–Crippen LogP) is 2.52. The second-order valence-corrected chi connectivity index (χ2v) is 7.68. The molecule has 11 heteroatoms. The van der Waals surface area contributed by atoms with E-state index in [9.17, 15) is 18.0 Å². The van der Waals surface area contributed by atoms with Crippen molar-refractivity contribution >= 4 is 11.9 Å². The SMILES string of the molecule is COc1ncccc1C(=O)N1C[C@H](OCC2CC2)[C@H]2OCCC[C@H]21.O=C(O)C(F)(F)F. The summed E-state index contributed by atoms with van der Waals surface area (Å²) in [6.45, 7) is 2.12. The fourth-order valence-corrected chi connectivity index (χ4v) is 3.70. The summed E-state index contributed by atoms with van der Waals surface area (Å²) in [5.41, 5.74) is 0.507. The van der Waals surface area contributed by atoms with E-state index in [1.165, 1.54) is 20.0 Å². The molecule has 8 nitrogen and oxygen atoms in total. The molecule has 3 fully saturated rings. The molecule has 3 atom stereocenters. The molecule has 0 unspecified atom stereocenters. The highest BCUT2D eigenvalue weighted by Gasteiger charge is 2.47. The zero-order chi connectivity index (χ0) is 22.6. The molecule has 3 aliphatic rings. The number of carbonyl (C=O) groups excluding carboxylic acids is 1. The topological polar surface area (TPSA) is 98.2 Å². The van der Waals surface area contributed by atoms with Crippen molar-refractivity contribution in [2.45, 2.75) is 50.1 Å². The number of nitrogens with zero attached hydrogens (tertiary/aromatic N) is 2. The molecule has 1 aromatic rings. The third-order valence-electron chi connectivity index (χ3n) is 5.42. The summed E-state index contributed by atoms with van der Waals surface area (Å²) in [4.78, 5) is 28.0. The highest BCUT2D eigenvalue weighted by atomic mass is 19.4. The molecule has 1 aliphatic carbocycles. The predicted molar refractivity (Wildman–Crippen MR) is 101 cm³/mol. The fraction of sp³-hybridized carbons (Fsp3) is 0.650. The lowest BCUT2D eigenvalue weighted by Gasteiger charge is -2.32. The number of carboxylic acids is 1. The third-order valence-corrected chi connectivity index (χ3v) is 5.42. The molecule has 0 aromatic carbocycles. The van der Waals surface area contributed by atoms with Crippen molar-refractivity contribution in [2.24, 2.45) is 5.92 Å². The van der Waals surface area contributed by atoms with Gasteiger partial charge in [0, 0.05) is 19.4 Å². The van der Waals surface area contributed by atoms with Gasteiger partial charge < -0.3 is 24.2 Å². The van der Waals surface area contributed by atoms with Gasteiger partial charge in [0.2, 0.25) is 5.88 Å². The van der Waals surface area contributed by atoms with Crippen molar-refractivity contribution in [3.8, 4) is 5.88 Å². The summed E-state index contributed by atoms with van der Waals surface area (Å²) in [6.07, 6.45) is 0.973. The van der Waals surface area contributed by atoms with Crippen molar-refractivity contribution in [3.05, 3.63) is 23.9 Å². The number of amides is 1. The van der Waals surface area contributed by atoms with Crippen molar-refractivity contribution < 1.29 is 42.1 Å². The maximum Gasteiger partial charge on any atom is 0.490 e. The van der Waals surface area contributed by atoms with E-state index in [0.717, 1.165) is 26.1 Å². The first-order valence-corrected chi connectivity index (χ1v) is 10.1. The van der Waals surface area contributed by atoms with Gasteiger partial charge in [-0.05, 0) is 43.7 Å². The minimum absolute atomic E-state index is 0.0101. The minimum atomic E-state index is -5.08. The Morgan fingerprint density at radius 1 is 1.32 bits per heavy atom. The molecular weight excluding hydrogens is 421 g/mol. The van der Waals surface area contributed by atoms with Crippen LogP contribution in [0.25, 0.3) is 0 Å². The van der Waals surface area contributed by atoms with Gasteiger partial charge in [0.25, 0.3) is 5.91 Å². The smallest absolute Gasteiger partial charge is 0.480 e. The molecule has 0 radical (unpaired) electrons. The van der Waals surface area contributed by atoms with E-state index < -0.39 is 12.1 Å². The Morgan fingerprint density at radius 3 is 2.65 bits per heavy atom. The summed E-state index contributed by atoms with van der Waals surface area (Å²) in [5, 5.41) is 7.12. The standard InChI is InChI=1S/C18H24N2O4.C2HF3O2/c1-22-17-13(4-2-8-19-17)18(21)20-10-15(24-11-12-6-7-12)16-14(20)5-3-9-23-16;3-2(4,5)1(6)7/h2,4,8,12,14-16H,3,5-7,9-11H2,1H3;(H,6,7)/t14-,15+,16+;/m1./s1. The van der Waals surface area contributed by atoms with Crippen LogP contribution in [0.5, 0.6) is 5.88 Å². The van der Waals surface area contributed by atoms with Crippen molar-refractivity contribution in [2.75, 3.05) is 26.9 Å². The molecule has 1 saturated carbocycles. The zero-order valence-corrected chi connectivity index (χ0v) is 17.0. The molecule has 4 rings (SSSR count). The normalized spacial score (nSPS) is 25.3. The van der Waals surface area contributed by atoms with Gasteiger partial charge in [-0.3, -0.25) is 4.79 Å². The number of hydrogen-bond acceptors (Lipinski definition) is 6. The summed E-state index contributed by atoms with van der Waals surface area (Å²) in [6, 6.07) is 3.62. The van der Waals surface area contributed by atoms with E-state index >= 15 is 0 Å². The van der Waals surface area contributed by atoms with E-state index in [1.807, 2.05) is 4.90 Å². The van der Waals surface area contributed by atoms with Gasteiger partial charge in [0.05, 0.1) is 19.7 Å². The van der Waals surface area contributed by atoms with Crippen LogP contribution in [0.4, 0.5) is 13.2 Å². The van der Waals surface area contributed by atoms with E-state index in [-0.39, 0.29) is 24.2 Å². The average Bonchev–Trinajstić information content (AvgIpc) is 3.51. The number of likely N-dealkylation sites (tertiary alicyclic amines) is 1. The van der Waals surface area contributed by atoms with Gasteiger partial charge in [-0.2, -0.15) is 13.2 Å². The largest absolute Gasteiger partial charge is 0.490 e. The monoisotopic (exact) mass is 446 g/mol. The number of rotatable bonds is 5. The maximum absolute atomic E-state index is 13.1. The van der Waals surface area contributed by atoms with E-state index in [0.29, 0.717) is 23.9 Å². The number of pyridine rings is 1. The summed E-state index contributed by atoms with van der Waals surface area (Å²) >= 11 is 0. The maximum atomic E-state index is 13.1. The van der Waals surface area contributed by atoms with Crippen LogP contribution in [0.15, 0.2) is 18.3 Å². The minimum Gasteiger partial charge on any atom is -0.480 e. The summed E-state index contributed by atoms with van der Waals surface area (Å²) in [7, 11) is 1.54. The van der Waals surface area contributed by atoms with Gasteiger partial charge in [-0.25, -0.2) is 9.78 Å². The number of carbonyl (C=O) groups is 2. The molecule has 0 spiro atoms. The van der Waals surface area contributed by atoms with Crippen molar-refractivity contribution in [1.29, 1.82) is 0 Å². The lowest BCUT2D eigenvalue weighted by Crippen LogP contribution is -2.44. The second kappa shape index (κ2) is 9.82. The molecule has 3 heterocycles. The van der Waals surface area contributed by atoms with Crippen LogP contribution in [0.1, 0.15) is 36.0 Å². The van der Waals surface area contributed by atoms with Gasteiger partial charge in [-0.15, -0.1) is 0 Å². The number of ether oxygens (including phenoxy) is 3. The molecule has 1 aromatic heterocycles. The Morgan fingerprint density at radius 2 is 2.03 bits per heavy atom. The Balaban J connectivity index is 0.000000339. The van der Waals surface area contributed by atoms with E-state index in [1.54, 1.807) is 18.3 Å². The summed E-state index contributed by atoms with van der Waals surface area (Å²) in [5.74, 6) is -1.72. The highest BCUT2D eigenvalue weighted by Crippen LogP contribution is 2.35. The molecule has 2 aliphatic heterocycles. The number of alkyl halides is 3. The Hall–Kier alpha value is -2.40. The summed E-state index contributed by atoms with van der Waals surface area (Å²) < 4.78 is 49.1. The molecule has 0 bridgehead atoms. The van der Waals surface area contributed by atoms with Crippen molar-refractivity contribution in [3.63, 3.8) is 0 Å². The number of fused-ring (bicyclic) bond motifs is 1. The highest BCUT2D eigenvalue weighted by molar-refractivity contribution is 5.96. The van der Waals surface area contributed by atoms with Crippen LogP contribution in [-0.2, 0) is 14.3 Å². The number of hydrogen-bond donors (Lipinski definition) is 1. The molecule has 1 amide bonds. The van der Waals surface area contributed by atoms with Crippen LogP contribution in [0, 0.1) is 5.92 Å². The van der Waals surface area contributed by atoms with E-state index in [4.69, 9.17) is 24.1 Å². The Kier molecular flexibility index (Phi) is 7.37. The molecular formula is C20H25F3N2O6. The molecule has 2 saturated heterocycles. The molecule has 31 heavy (non-hydrogen) atoms. The molecule has 1 N–H and O–H groups in total. The first-order valence-electron chi connectivity index (χ1n) is 10.1. The second-order valence-electron chi connectivity index (χ2n) is 7.68. The number of halogens is 3. The Bertz CT molecular complexity index is 786. The lowest BCUT2D eigenvalue weighted by molar-refractivity contribution is -0.192. The fourth-order valence-electron chi connectivity index (χ4n) is 3.70. The zero-order valence-electron chi connectivity index (χ0n) is 17.0. The first kappa shape index (κ1) is 23.3. The molecule has 172 valence electrons. The number of carboxylic acid groups (broad SMARTS) is 1.